The van der Waals surface area contributed by atoms with Crippen molar-refractivity contribution in [2.45, 2.75) is 26.2 Å². The molecule has 0 fully saturated rings. The van der Waals surface area contributed by atoms with Crippen molar-refractivity contribution in [1.29, 1.82) is 0 Å². The van der Waals surface area contributed by atoms with Gasteiger partial charge in [-0.05, 0) is 12.8 Å². The number of carbonyl (C=O) groups excluding carboxylic acids is 1. The third-order valence-corrected chi connectivity index (χ3v) is 4.18. The zero-order chi connectivity index (χ0) is 13.3. The van der Waals surface area contributed by atoms with Crippen LogP contribution in [0.25, 0.3) is 0 Å². The van der Waals surface area contributed by atoms with Crippen LogP contribution >= 0.6 is 0 Å². The molecule has 7 heteroatoms. The van der Waals surface area contributed by atoms with Crippen molar-refractivity contribution in [3.63, 3.8) is 0 Å². The number of sulfonamides is 1. The minimum atomic E-state index is -3.39. The largest absolute Gasteiger partial charge is 0.469 e. The molecule has 0 spiro atoms. The van der Waals surface area contributed by atoms with E-state index in [0.717, 1.165) is 0 Å². The first-order valence-electron chi connectivity index (χ1n) is 5.63. The Balaban J connectivity index is 4.27. The van der Waals surface area contributed by atoms with Gasteiger partial charge >= 0.3 is 5.97 Å². The zero-order valence-electron chi connectivity index (χ0n) is 10.4. The molecule has 17 heavy (non-hydrogen) atoms. The van der Waals surface area contributed by atoms with E-state index in [1.165, 1.54) is 11.4 Å². The number of aliphatic hydroxyl groups excluding tert-OH is 1. The summed E-state index contributed by atoms with van der Waals surface area (Å²) in [4.78, 5) is 10.8. The Bertz CT molecular complexity index is 309. The van der Waals surface area contributed by atoms with Gasteiger partial charge in [0.25, 0.3) is 0 Å². The van der Waals surface area contributed by atoms with Crippen LogP contribution in [-0.2, 0) is 19.6 Å². The zero-order valence-corrected chi connectivity index (χ0v) is 11.2. The number of aliphatic hydroxyl groups is 1. The number of methoxy groups -OCH3 is 1. The molecule has 0 bridgehead atoms. The van der Waals surface area contributed by atoms with Crippen LogP contribution in [0.15, 0.2) is 0 Å². The van der Waals surface area contributed by atoms with Gasteiger partial charge < -0.3 is 9.84 Å². The first-order valence-corrected chi connectivity index (χ1v) is 7.24. The Kier molecular flexibility index (Phi) is 8.11. The molecule has 102 valence electrons. The predicted octanol–water partition coefficient (Wildman–Crippen LogP) is -0.0263. The summed E-state index contributed by atoms with van der Waals surface area (Å²) in [6.07, 6.45) is 1.02. The summed E-state index contributed by atoms with van der Waals surface area (Å²) in [6.45, 7) is 2.17. The lowest BCUT2D eigenvalue weighted by molar-refractivity contribution is -0.140. The minimum absolute atomic E-state index is 0.0921. The van der Waals surface area contributed by atoms with E-state index in [1.54, 1.807) is 0 Å². The van der Waals surface area contributed by atoms with Gasteiger partial charge in [-0.1, -0.05) is 6.92 Å². The van der Waals surface area contributed by atoms with Gasteiger partial charge in [0.1, 0.15) is 0 Å². The van der Waals surface area contributed by atoms with Crippen LogP contribution in [0.3, 0.4) is 0 Å². The lowest BCUT2D eigenvalue weighted by Gasteiger charge is -2.20. The molecule has 0 aromatic heterocycles. The monoisotopic (exact) mass is 267 g/mol. The van der Waals surface area contributed by atoms with Crippen LogP contribution in [-0.4, -0.2) is 56.4 Å². The molecule has 0 aliphatic carbocycles. The maximum Gasteiger partial charge on any atom is 0.305 e. The fourth-order valence-electron chi connectivity index (χ4n) is 1.38. The van der Waals surface area contributed by atoms with Crippen molar-refractivity contribution < 1.29 is 23.1 Å². The average Bonchev–Trinajstić information content (AvgIpc) is 2.28. The lowest BCUT2D eigenvalue weighted by Crippen LogP contribution is -2.36. The van der Waals surface area contributed by atoms with Crippen molar-refractivity contribution in [2.75, 3.05) is 32.6 Å². The quantitative estimate of drug-likeness (QED) is 0.593. The molecular weight excluding hydrogens is 246 g/mol. The fourth-order valence-corrected chi connectivity index (χ4v) is 2.97. The number of rotatable bonds is 9. The maximum absolute atomic E-state index is 11.8. The summed E-state index contributed by atoms with van der Waals surface area (Å²) in [6, 6.07) is 0. The molecule has 0 aliphatic rings. The lowest BCUT2D eigenvalue weighted by atomic mass is 10.3. The number of esters is 1. The van der Waals surface area contributed by atoms with Crippen LogP contribution < -0.4 is 0 Å². The second kappa shape index (κ2) is 8.43. The molecule has 0 heterocycles. The molecule has 0 aromatic carbocycles. The van der Waals surface area contributed by atoms with E-state index >= 15 is 0 Å². The number of hydrogen-bond acceptors (Lipinski definition) is 5. The third kappa shape index (κ3) is 6.60. The van der Waals surface area contributed by atoms with Gasteiger partial charge in [0, 0.05) is 19.5 Å². The number of nitrogens with zero attached hydrogens (tertiary/aromatic N) is 1. The van der Waals surface area contributed by atoms with Crippen molar-refractivity contribution in [3.8, 4) is 0 Å². The summed E-state index contributed by atoms with van der Waals surface area (Å²) < 4.78 is 29.4. The summed E-state index contributed by atoms with van der Waals surface area (Å²) in [5, 5.41) is 8.80. The van der Waals surface area contributed by atoms with Gasteiger partial charge in [-0.25, -0.2) is 8.42 Å². The highest BCUT2D eigenvalue weighted by Crippen LogP contribution is 2.06. The van der Waals surface area contributed by atoms with Gasteiger partial charge in [-0.15, -0.1) is 0 Å². The number of carbonyl (C=O) groups is 1. The van der Waals surface area contributed by atoms with Crippen molar-refractivity contribution in [3.05, 3.63) is 0 Å². The Labute approximate surface area is 103 Å². The van der Waals surface area contributed by atoms with E-state index in [1.807, 2.05) is 6.92 Å². The van der Waals surface area contributed by atoms with Crippen LogP contribution in [0.1, 0.15) is 26.2 Å². The van der Waals surface area contributed by atoms with Crippen LogP contribution in [0.2, 0.25) is 0 Å². The van der Waals surface area contributed by atoms with Crippen molar-refractivity contribution >= 4 is 16.0 Å². The van der Waals surface area contributed by atoms with Gasteiger partial charge in [-0.3, -0.25) is 4.79 Å². The molecule has 0 saturated carbocycles. The van der Waals surface area contributed by atoms with Crippen LogP contribution in [0.5, 0.6) is 0 Å². The standard InChI is InChI=1S/C10H21NO5S/c1-3-6-11(7-8-12)17(14,15)9-4-5-10(13)16-2/h12H,3-9H2,1-2H3. The Morgan fingerprint density at radius 2 is 2.00 bits per heavy atom. The highest BCUT2D eigenvalue weighted by molar-refractivity contribution is 7.89. The van der Waals surface area contributed by atoms with Crippen LogP contribution in [0, 0.1) is 0 Å². The second-order valence-electron chi connectivity index (χ2n) is 3.62. The molecule has 0 aliphatic heterocycles. The fraction of sp³-hybridized carbons (Fsp3) is 0.900. The van der Waals surface area contributed by atoms with Gasteiger partial charge in [0.05, 0.1) is 19.5 Å². The predicted molar refractivity (Wildman–Crippen MR) is 64.0 cm³/mol. The van der Waals surface area contributed by atoms with Gasteiger partial charge in [-0.2, -0.15) is 4.31 Å². The van der Waals surface area contributed by atoms with E-state index in [9.17, 15) is 13.2 Å². The molecule has 0 rings (SSSR count). The Morgan fingerprint density at radius 3 is 2.47 bits per heavy atom. The smallest absolute Gasteiger partial charge is 0.305 e. The highest BCUT2D eigenvalue weighted by Gasteiger charge is 2.20. The first kappa shape index (κ1) is 16.3. The van der Waals surface area contributed by atoms with E-state index in [4.69, 9.17) is 5.11 Å². The molecule has 0 atom stereocenters. The van der Waals surface area contributed by atoms with Crippen molar-refractivity contribution in [2.24, 2.45) is 0 Å². The molecule has 0 aromatic rings. The third-order valence-electron chi connectivity index (χ3n) is 2.23. The Hall–Kier alpha value is -0.660. The summed E-state index contributed by atoms with van der Waals surface area (Å²) in [7, 11) is -2.12. The minimum Gasteiger partial charge on any atom is -0.469 e. The van der Waals surface area contributed by atoms with E-state index < -0.39 is 16.0 Å². The summed E-state index contributed by atoms with van der Waals surface area (Å²) in [5.74, 6) is -0.508. The summed E-state index contributed by atoms with van der Waals surface area (Å²) in [5.41, 5.74) is 0. The number of hydrogen-bond donors (Lipinski definition) is 1. The molecule has 0 saturated heterocycles. The molecular formula is C10H21NO5S. The van der Waals surface area contributed by atoms with Crippen LogP contribution in [0.4, 0.5) is 0 Å². The second-order valence-corrected chi connectivity index (χ2v) is 5.71. The first-order chi connectivity index (χ1) is 7.97. The number of ether oxygens (including phenoxy) is 1. The summed E-state index contributed by atoms with van der Waals surface area (Å²) >= 11 is 0. The SMILES string of the molecule is CCCN(CCO)S(=O)(=O)CCCC(=O)OC. The van der Waals surface area contributed by atoms with E-state index in [2.05, 4.69) is 4.74 Å². The van der Waals surface area contributed by atoms with E-state index in [0.29, 0.717) is 13.0 Å². The maximum atomic E-state index is 11.8. The molecule has 0 radical (unpaired) electrons. The molecule has 1 N–H and O–H groups in total. The van der Waals surface area contributed by atoms with Gasteiger partial charge in [0.15, 0.2) is 0 Å². The Morgan fingerprint density at radius 1 is 1.35 bits per heavy atom. The molecule has 0 amide bonds. The molecule has 0 unspecified atom stereocenters. The topological polar surface area (TPSA) is 83.9 Å². The molecule has 6 nitrogen and oxygen atoms in total. The average molecular weight is 267 g/mol. The van der Waals surface area contributed by atoms with Gasteiger partial charge in [0.2, 0.25) is 10.0 Å². The van der Waals surface area contributed by atoms with E-state index in [-0.39, 0.29) is 31.7 Å². The normalized spacial score (nSPS) is 11.8. The van der Waals surface area contributed by atoms with Crippen molar-refractivity contribution in [1.82, 2.24) is 4.31 Å². The highest BCUT2D eigenvalue weighted by atomic mass is 32.2.